The molecule has 0 radical (unpaired) electrons. The SMILES string of the molecule is CC[C@@H]1C[C@H](OC(=O)Oc2ccc([N+](=O)[O-])cc2)C[C@@H]1c1nnc2cnc3c(ccn3S(=O)(=O)c3ccc(C)cc3)n12. The minimum atomic E-state index is -3.90. The molecule has 0 bridgehead atoms. The number of carbonyl (C=O) groups is 1. The molecular formula is C28H26N6O7S. The maximum Gasteiger partial charge on any atom is 0.514 e. The van der Waals surface area contributed by atoms with Crippen LogP contribution < -0.4 is 4.74 Å². The van der Waals surface area contributed by atoms with Crippen LogP contribution in [-0.4, -0.2) is 49.2 Å². The molecule has 2 aromatic carbocycles. The number of nitro benzene ring substituents is 1. The predicted molar refractivity (Wildman–Crippen MR) is 150 cm³/mol. The molecule has 14 heteroatoms. The molecule has 3 aromatic heterocycles. The van der Waals surface area contributed by atoms with Crippen LogP contribution in [0.5, 0.6) is 5.75 Å². The second-order valence-corrected chi connectivity index (χ2v) is 12.1. The molecule has 0 N–H and O–H groups in total. The van der Waals surface area contributed by atoms with Crippen molar-refractivity contribution in [1.82, 2.24) is 23.6 Å². The number of aromatic nitrogens is 5. The Morgan fingerprint density at radius 1 is 1.07 bits per heavy atom. The Hall–Kier alpha value is -4.85. The third-order valence-electron chi connectivity index (χ3n) is 7.66. The molecule has 1 aliphatic rings. The van der Waals surface area contributed by atoms with Crippen molar-refractivity contribution < 1.29 is 27.6 Å². The van der Waals surface area contributed by atoms with Crippen molar-refractivity contribution >= 4 is 38.7 Å². The Balaban J connectivity index is 1.27. The molecule has 1 fully saturated rings. The summed E-state index contributed by atoms with van der Waals surface area (Å²) in [7, 11) is -3.90. The first-order valence-electron chi connectivity index (χ1n) is 13.3. The number of hydrogen-bond acceptors (Lipinski definition) is 10. The number of ether oxygens (including phenoxy) is 2. The highest BCUT2D eigenvalue weighted by atomic mass is 32.2. The van der Waals surface area contributed by atoms with E-state index in [1.54, 1.807) is 30.3 Å². The van der Waals surface area contributed by atoms with E-state index < -0.39 is 27.2 Å². The molecule has 0 amide bonds. The molecule has 0 saturated heterocycles. The summed E-state index contributed by atoms with van der Waals surface area (Å²) in [5.41, 5.74) is 2.09. The topological polar surface area (TPSA) is 161 Å². The van der Waals surface area contributed by atoms with Crippen LogP contribution in [0.15, 0.2) is 71.9 Å². The van der Waals surface area contributed by atoms with Gasteiger partial charge in [-0.15, -0.1) is 10.2 Å². The quantitative estimate of drug-likeness (QED) is 0.109. The Morgan fingerprint density at radius 3 is 2.50 bits per heavy atom. The highest BCUT2D eigenvalue weighted by Gasteiger charge is 2.39. The molecule has 3 heterocycles. The summed E-state index contributed by atoms with van der Waals surface area (Å²) in [4.78, 5) is 27.4. The Morgan fingerprint density at radius 2 is 1.81 bits per heavy atom. The van der Waals surface area contributed by atoms with E-state index in [1.165, 1.54) is 36.7 Å². The van der Waals surface area contributed by atoms with Crippen molar-refractivity contribution in [2.75, 3.05) is 0 Å². The van der Waals surface area contributed by atoms with Gasteiger partial charge in [0, 0.05) is 24.2 Å². The monoisotopic (exact) mass is 590 g/mol. The van der Waals surface area contributed by atoms with E-state index in [0.717, 1.165) is 16.0 Å². The Labute approximate surface area is 239 Å². The summed E-state index contributed by atoms with van der Waals surface area (Å²) >= 11 is 0. The molecule has 6 rings (SSSR count). The van der Waals surface area contributed by atoms with Gasteiger partial charge >= 0.3 is 6.16 Å². The van der Waals surface area contributed by atoms with Gasteiger partial charge < -0.3 is 9.47 Å². The van der Waals surface area contributed by atoms with Gasteiger partial charge in [0.05, 0.1) is 21.5 Å². The number of aryl methyl sites for hydroxylation is 1. The number of fused-ring (bicyclic) bond motifs is 3. The molecule has 1 saturated carbocycles. The average molecular weight is 591 g/mol. The van der Waals surface area contributed by atoms with E-state index in [1.807, 2.05) is 18.2 Å². The van der Waals surface area contributed by atoms with E-state index in [-0.39, 0.29) is 33.8 Å². The fraction of sp³-hybridized carbons (Fsp3) is 0.286. The minimum absolute atomic E-state index is 0.108. The summed E-state index contributed by atoms with van der Waals surface area (Å²) in [6, 6.07) is 13.4. The van der Waals surface area contributed by atoms with Crippen LogP contribution in [0.4, 0.5) is 10.5 Å². The molecular weight excluding hydrogens is 564 g/mol. The van der Waals surface area contributed by atoms with Gasteiger partial charge in [0.25, 0.3) is 15.7 Å². The lowest BCUT2D eigenvalue weighted by molar-refractivity contribution is -0.384. The Kier molecular flexibility index (Phi) is 6.85. The average Bonchev–Trinajstić information content (AvgIpc) is 3.69. The van der Waals surface area contributed by atoms with Crippen LogP contribution in [0, 0.1) is 23.0 Å². The van der Waals surface area contributed by atoms with Crippen LogP contribution in [-0.2, 0) is 14.8 Å². The number of rotatable bonds is 7. The van der Waals surface area contributed by atoms with Crippen LogP contribution in [0.1, 0.15) is 43.5 Å². The maximum absolute atomic E-state index is 13.4. The largest absolute Gasteiger partial charge is 0.514 e. The van der Waals surface area contributed by atoms with Crippen LogP contribution in [0.3, 0.4) is 0 Å². The number of non-ortho nitro benzene ring substituents is 1. The first-order valence-corrected chi connectivity index (χ1v) is 14.8. The van der Waals surface area contributed by atoms with Gasteiger partial charge in [-0.1, -0.05) is 31.0 Å². The lowest BCUT2D eigenvalue weighted by Gasteiger charge is -2.15. The second-order valence-electron chi connectivity index (χ2n) is 10.2. The first-order chi connectivity index (χ1) is 20.2. The van der Waals surface area contributed by atoms with E-state index in [0.29, 0.717) is 29.8 Å². The number of carbonyl (C=O) groups excluding carboxylic acids is 1. The van der Waals surface area contributed by atoms with Crippen molar-refractivity contribution in [2.45, 2.75) is 50.0 Å². The lowest BCUT2D eigenvalue weighted by Crippen LogP contribution is -2.18. The van der Waals surface area contributed by atoms with Gasteiger partial charge in [-0.05, 0) is 56.0 Å². The molecule has 1 aliphatic carbocycles. The number of benzene rings is 2. The fourth-order valence-corrected chi connectivity index (χ4v) is 6.84. The zero-order valence-electron chi connectivity index (χ0n) is 22.7. The second kappa shape index (κ2) is 10.5. The minimum Gasteiger partial charge on any atom is -0.431 e. The molecule has 216 valence electrons. The summed E-state index contributed by atoms with van der Waals surface area (Å²) in [6.45, 7) is 3.93. The molecule has 5 aromatic rings. The highest BCUT2D eigenvalue weighted by Crippen LogP contribution is 2.43. The summed E-state index contributed by atoms with van der Waals surface area (Å²) in [5.74, 6) is 0.737. The zero-order chi connectivity index (χ0) is 29.6. The van der Waals surface area contributed by atoms with E-state index in [9.17, 15) is 23.3 Å². The van der Waals surface area contributed by atoms with Crippen LogP contribution in [0.25, 0.3) is 16.8 Å². The van der Waals surface area contributed by atoms with Gasteiger partial charge in [-0.2, -0.15) is 0 Å². The first kappa shape index (κ1) is 27.3. The van der Waals surface area contributed by atoms with Crippen molar-refractivity contribution in [3.63, 3.8) is 0 Å². The zero-order valence-corrected chi connectivity index (χ0v) is 23.5. The van der Waals surface area contributed by atoms with Gasteiger partial charge in [0.2, 0.25) is 0 Å². The number of nitro groups is 1. The molecule has 13 nitrogen and oxygen atoms in total. The van der Waals surface area contributed by atoms with E-state index in [4.69, 9.17) is 9.47 Å². The summed E-state index contributed by atoms with van der Waals surface area (Å²) in [6.07, 6.45) is 3.42. The normalized spacial score (nSPS) is 18.9. The molecule has 3 atom stereocenters. The standard InChI is InChI=1S/C28H26N6O7S/c1-3-18-14-21(41-28(35)40-20-8-6-19(7-9-20)34(36)37)15-23(18)26-31-30-25-16-29-27-24(33(25)26)12-13-32(27)42(38,39)22-10-4-17(2)5-11-22/h4-13,16,18,21,23H,3,14-15H2,1-2H3/t18-,21+,23+/m1/s1. The third kappa shape index (κ3) is 4.83. The molecule has 0 unspecified atom stereocenters. The fourth-order valence-electron chi connectivity index (χ4n) is 5.54. The van der Waals surface area contributed by atoms with Gasteiger partial charge in [0.15, 0.2) is 11.3 Å². The van der Waals surface area contributed by atoms with Crippen molar-refractivity contribution in [3.05, 3.63) is 88.5 Å². The maximum atomic E-state index is 13.4. The number of hydrogen-bond donors (Lipinski definition) is 0. The summed E-state index contributed by atoms with van der Waals surface area (Å²) in [5, 5.41) is 19.6. The lowest BCUT2D eigenvalue weighted by atomic mass is 9.93. The van der Waals surface area contributed by atoms with E-state index >= 15 is 0 Å². The van der Waals surface area contributed by atoms with Crippen LogP contribution >= 0.6 is 0 Å². The summed E-state index contributed by atoms with van der Waals surface area (Å²) < 4.78 is 40.7. The molecule has 42 heavy (non-hydrogen) atoms. The van der Waals surface area contributed by atoms with Crippen molar-refractivity contribution in [1.29, 1.82) is 0 Å². The number of nitrogens with zero attached hydrogens (tertiary/aromatic N) is 6. The molecule has 0 aliphatic heterocycles. The van der Waals surface area contributed by atoms with Crippen molar-refractivity contribution in [3.8, 4) is 5.75 Å². The molecule has 0 spiro atoms. The highest BCUT2D eigenvalue weighted by molar-refractivity contribution is 7.90. The smallest absolute Gasteiger partial charge is 0.431 e. The Bertz CT molecular complexity index is 1920. The van der Waals surface area contributed by atoms with Crippen molar-refractivity contribution in [2.24, 2.45) is 5.92 Å². The van der Waals surface area contributed by atoms with Gasteiger partial charge in [0.1, 0.15) is 17.7 Å². The van der Waals surface area contributed by atoms with E-state index in [2.05, 4.69) is 15.2 Å². The van der Waals surface area contributed by atoms with Crippen LogP contribution in [0.2, 0.25) is 0 Å². The van der Waals surface area contributed by atoms with Gasteiger partial charge in [-0.3, -0.25) is 14.5 Å². The third-order valence-corrected chi connectivity index (χ3v) is 9.34. The van der Waals surface area contributed by atoms with Gasteiger partial charge in [-0.25, -0.2) is 22.2 Å². The predicted octanol–water partition coefficient (Wildman–Crippen LogP) is 5.02.